The number of aromatic nitrogens is 4. The van der Waals surface area contributed by atoms with Crippen LogP contribution < -0.4 is 11.2 Å². The van der Waals surface area contributed by atoms with E-state index >= 15 is 0 Å². The number of nitrogens with one attached hydrogen (secondary N) is 1. The fraction of sp³-hybridized carbons (Fsp3) is 0.545. The Kier molecular flexibility index (Phi) is 2.64. The molecular formula is C11H16N6. The van der Waals surface area contributed by atoms with E-state index in [0.717, 1.165) is 30.4 Å². The molecule has 0 amide bonds. The van der Waals surface area contributed by atoms with Crippen LogP contribution >= 0.6 is 0 Å². The van der Waals surface area contributed by atoms with Crippen LogP contribution in [0.4, 0.5) is 0 Å². The first-order valence-corrected chi connectivity index (χ1v) is 5.98. The number of hydrogen-bond donors (Lipinski definition) is 2. The number of fused-ring (bicyclic) bond motifs is 1. The van der Waals surface area contributed by atoms with Gasteiger partial charge in [0.05, 0.1) is 6.20 Å². The van der Waals surface area contributed by atoms with Crippen LogP contribution in [0.5, 0.6) is 0 Å². The Morgan fingerprint density at radius 3 is 3.18 bits per heavy atom. The predicted octanol–water partition coefficient (Wildman–Crippen LogP) is 0.640. The van der Waals surface area contributed by atoms with Gasteiger partial charge in [0.2, 0.25) is 0 Å². The van der Waals surface area contributed by atoms with Crippen LogP contribution in [0.3, 0.4) is 0 Å². The van der Waals surface area contributed by atoms with E-state index in [0.29, 0.717) is 12.1 Å². The molecule has 17 heavy (non-hydrogen) atoms. The molecule has 2 unspecified atom stereocenters. The van der Waals surface area contributed by atoms with E-state index in [2.05, 4.69) is 20.4 Å². The third-order valence-corrected chi connectivity index (χ3v) is 3.25. The summed E-state index contributed by atoms with van der Waals surface area (Å²) < 4.78 is 1.87. The number of hydrogen-bond acceptors (Lipinski definition) is 5. The SMILES string of the molecule is NC1CCCC(Nn2cnc3cncnc32)C1. The van der Waals surface area contributed by atoms with Crippen LogP contribution in [0, 0.1) is 0 Å². The van der Waals surface area contributed by atoms with Gasteiger partial charge in [-0.2, -0.15) is 0 Å². The maximum atomic E-state index is 5.98. The van der Waals surface area contributed by atoms with Crippen molar-refractivity contribution in [3.8, 4) is 0 Å². The largest absolute Gasteiger partial charge is 0.328 e. The topological polar surface area (TPSA) is 81.6 Å². The fourth-order valence-corrected chi connectivity index (χ4v) is 2.40. The van der Waals surface area contributed by atoms with Crippen molar-refractivity contribution < 1.29 is 0 Å². The summed E-state index contributed by atoms with van der Waals surface area (Å²) in [5, 5.41) is 0. The van der Waals surface area contributed by atoms with Crippen LogP contribution in [-0.4, -0.2) is 31.7 Å². The smallest absolute Gasteiger partial charge is 0.181 e. The lowest BCUT2D eigenvalue weighted by molar-refractivity contribution is 0.393. The molecule has 0 aliphatic heterocycles. The minimum atomic E-state index is 0.311. The first-order valence-electron chi connectivity index (χ1n) is 5.98. The minimum absolute atomic E-state index is 0.311. The Morgan fingerprint density at radius 2 is 2.29 bits per heavy atom. The van der Waals surface area contributed by atoms with Gasteiger partial charge in [-0.1, -0.05) is 0 Å². The van der Waals surface area contributed by atoms with Crippen molar-refractivity contribution in [1.29, 1.82) is 0 Å². The first kappa shape index (κ1) is 10.5. The Bertz CT molecular complexity index is 507. The molecule has 2 atom stereocenters. The van der Waals surface area contributed by atoms with Crippen molar-refractivity contribution in [2.45, 2.75) is 37.8 Å². The summed E-state index contributed by atoms with van der Waals surface area (Å²) in [7, 11) is 0. The molecular weight excluding hydrogens is 216 g/mol. The Morgan fingerprint density at radius 1 is 1.35 bits per heavy atom. The van der Waals surface area contributed by atoms with E-state index < -0.39 is 0 Å². The molecule has 90 valence electrons. The van der Waals surface area contributed by atoms with Gasteiger partial charge in [0, 0.05) is 12.1 Å². The molecule has 2 aromatic rings. The van der Waals surface area contributed by atoms with Gasteiger partial charge in [-0.15, -0.1) is 0 Å². The molecule has 1 aliphatic rings. The van der Waals surface area contributed by atoms with Gasteiger partial charge in [-0.25, -0.2) is 19.6 Å². The summed E-state index contributed by atoms with van der Waals surface area (Å²) in [6.45, 7) is 0. The molecule has 0 aromatic carbocycles. The summed E-state index contributed by atoms with van der Waals surface area (Å²) in [5.74, 6) is 0. The number of rotatable bonds is 2. The second kappa shape index (κ2) is 4.29. The third kappa shape index (κ3) is 2.08. The molecule has 0 bridgehead atoms. The molecule has 6 nitrogen and oxygen atoms in total. The molecule has 2 heterocycles. The van der Waals surface area contributed by atoms with Gasteiger partial charge in [-0.05, 0) is 25.7 Å². The normalized spacial score (nSPS) is 25.0. The molecule has 0 radical (unpaired) electrons. The molecule has 6 heteroatoms. The van der Waals surface area contributed by atoms with Crippen molar-refractivity contribution in [3.05, 3.63) is 18.9 Å². The zero-order valence-electron chi connectivity index (χ0n) is 9.58. The highest BCUT2D eigenvalue weighted by Crippen LogP contribution is 2.18. The second-order valence-corrected chi connectivity index (χ2v) is 4.60. The number of imidazole rings is 1. The van der Waals surface area contributed by atoms with Crippen molar-refractivity contribution in [1.82, 2.24) is 19.6 Å². The highest BCUT2D eigenvalue weighted by Gasteiger charge is 2.19. The van der Waals surface area contributed by atoms with Crippen LogP contribution in [0.15, 0.2) is 18.9 Å². The highest BCUT2D eigenvalue weighted by atomic mass is 15.4. The van der Waals surface area contributed by atoms with Crippen molar-refractivity contribution in [2.75, 3.05) is 5.43 Å². The van der Waals surface area contributed by atoms with Crippen molar-refractivity contribution >= 4 is 11.2 Å². The van der Waals surface area contributed by atoms with Gasteiger partial charge in [-0.3, -0.25) is 0 Å². The van der Waals surface area contributed by atoms with E-state index in [-0.39, 0.29) is 0 Å². The van der Waals surface area contributed by atoms with Crippen LogP contribution in [0.25, 0.3) is 11.2 Å². The average Bonchev–Trinajstić information content (AvgIpc) is 2.73. The van der Waals surface area contributed by atoms with Gasteiger partial charge >= 0.3 is 0 Å². The third-order valence-electron chi connectivity index (χ3n) is 3.25. The van der Waals surface area contributed by atoms with E-state index in [1.54, 1.807) is 12.5 Å². The lowest BCUT2D eigenvalue weighted by Gasteiger charge is -2.28. The van der Waals surface area contributed by atoms with E-state index in [4.69, 9.17) is 5.73 Å². The van der Waals surface area contributed by atoms with Crippen LogP contribution in [0.1, 0.15) is 25.7 Å². The molecule has 0 saturated heterocycles. The van der Waals surface area contributed by atoms with Crippen LogP contribution in [-0.2, 0) is 0 Å². The van der Waals surface area contributed by atoms with E-state index in [1.165, 1.54) is 12.7 Å². The van der Waals surface area contributed by atoms with E-state index in [9.17, 15) is 0 Å². The van der Waals surface area contributed by atoms with Crippen molar-refractivity contribution in [2.24, 2.45) is 5.73 Å². The Hall–Kier alpha value is -1.69. The zero-order valence-corrected chi connectivity index (χ0v) is 9.58. The predicted molar refractivity (Wildman–Crippen MR) is 64.9 cm³/mol. The van der Waals surface area contributed by atoms with Gasteiger partial charge in [0.15, 0.2) is 5.65 Å². The molecule has 1 fully saturated rings. The monoisotopic (exact) mass is 232 g/mol. The molecule has 3 rings (SSSR count). The Balaban J connectivity index is 1.80. The Labute approximate surface area is 99.2 Å². The first-order chi connectivity index (χ1) is 8.33. The molecule has 2 aromatic heterocycles. The van der Waals surface area contributed by atoms with Crippen molar-refractivity contribution in [3.63, 3.8) is 0 Å². The second-order valence-electron chi connectivity index (χ2n) is 4.60. The van der Waals surface area contributed by atoms with Crippen LogP contribution in [0.2, 0.25) is 0 Å². The summed E-state index contributed by atoms with van der Waals surface area (Å²) in [6.07, 6.45) is 9.47. The summed E-state index contributed by atoms with van der Waals surface area (Å²) in [6, 6.07) is 0.719. The minimum Gasteiger partial charge on any atom is -0.328 e. The molecule has 1 aliphatic carbocycles. The highest BCUT2D eigenvalue weighted by molar-refractivity contribution is 5.69. The summed E-state index contributed by atoms with van der Waals surface area (Å²) in [5.41, 5.74) is 11.0. The molecule has 3 N–H and O–H groups in total. The maximum absolute atomic E-state index is 5.98. The average molecular weight is 232 g/mol. The molecule has 0 spiro atoms. The van der Waals surface area contributed by atoms with Gasteiger partial charge in [0.1, 0.15) is 18.2 Å². The lowest BCUT2D eigenvalue weighted by atomic mass is 9.92. The fourth-order valence-electron chi connectivity index (χ4n) is 2.40. The standard InChI is InChI=1S/C11H16N6/c12-8-2-1-3-9(4-8)16-17-7-15-10-5-13-6-14-11(10)17/h5-9,16H,1-4,12H2. The summed E-state index contributed by atoms with van der Waals surface area (Å²) >= 11 is 0. The van der Waals surface area contributed by atoms with Gasteiger partial charge in [0.25, 0.3) is 0 Å². The lowest BCUT2D eigenvalue weighted by Crippen LogP contribution is -2.38. The molecule has 1 saturated carbocycles. The van der Waals surface area contributed by atoms with E-state index in [1.807, 2.05) is 4.68 Å². The number of nitrogens with two attached hydrogens (primary N) is 1. The van der Waals surface area contributed by atoms with Gasteiger partial charge < -0.3 is 11.2 Å². The summed E-state index contributed by atoms with van der Waals surface area (Å²) in [4.78, 5) is 12.4. The zero-order chi connectivity index (χ0) is 11.7. The number of nitrogens with zero attached hydrogens (tertiary/aromatic N) is 4. The quantitative estimate of drug-likeness (QED) is 0.794. The maximum Gasteiger partial charge on any atom is 0.181 e.